The van der Waals surface area contributed by atoms with E-state index in [1.807, 2.05) is 4.90 Å². The summed E-state index contributed by atoms with van der Waals surface area (Å²) < 4.78 is 12.3. The van der Waals surface area contributed by atoms with Gasteiger partial charge in [0.25, 0.3) is 0 Å². The van der Waals surface area contributed by atoms with Crippen LogP contribution in [0.25, 0.3) is 10.1 Å². The van der Waals surface area contributed by atoms with E-state index in [9.17, 15) is 4.79 Å². The number of hydrogen-bond acceptors (Lipinski definition) is 6. The van der Waals surface area contributed by atoms with Crippen LogP contribution in [0.4, 0.5) is 16.3 Å². The Morgan fingerprint density at radius 3 is 2.75 bits per heavy atom. The van der Waals surface area contributed by atoms with Crippen LogP contribution in [0, 0.1) is 0 Å². The van der Waals surface area contributed by atoms with Crippen LogP contribution >= 0.6 is 11.3 Å². The molecule has 0 bridgehead atoms. The Labute approximate surface area is 166 Å². The number of carbonyl (C=O) groups excluding carboxylic acids is 1. The zero-order valence-electron chi connectivity index (χ0n) is 15.3. The number of benzene rings is 1. The number of carbonyl (C=O) groups is 1. The summed E-state index contributed by atoms with van der Waals surface area (Å²) in [5.74, 6) is 1.70. The van der Waals surface area contributed by atoms with Gasteiger partial charge < -0.3 is 19.3 Å². The third kappa shape index (κ3) is 3.20. The zero-order valence-corrected chi connectivity index (χ0v) is 16.1. The molecule has 2 aliphatic rings. The largest absolute Gasteiger partial charge is 0.486 e. The first-order chi connectivity index (χ1) is 13.8. The lowest BCUT2D eigenvalue weighted by Crippen LogP contribution is -2.50. The van der Waals surface area contributed by atoms with Gasteiger partial charge in [0, 0.05) is 48.0 Å². The average molecular weight is 396 g/mol. The minimum Gasteiger partial charge on any atom is -0.486 e. The predicted octanol–water partition coefficient (Wildman–Crippen LogP) is 3.42. The number of piperazine rings is 1. The summed E-state index contributed by atoms with van der Waals surface area (Å²) >= 11 is 1.75. The van der Waals surface area contributed by atoms with Crippen molar-refractivity contribution >= 4 is 39.0 Å². The fourth-order valence-electron chi connectivity index (χ4n) is 3.61. The van der Waals surface area contributed by atoms with Gasteiger partial charge in [-0.25, -0.2) is 9.78 Å². The number of hydrogen-bond donors (Lipinski definition) is 1. The second-order valence-corrected chi connectivity index (χ2v) is 7.67. The maximum absolute atomic E-state index is 12.6. The highest BCUT2D eigenvalue weighted by atomic mass is 32.1. The third-order valence-electron chi connectivity index (χ3n) is 5.05. The van der Waals surface area contributed by atoms with Crippen molar-refractivity contribution in [3.8, 4) is 11.5 Å². The molecule has 2 aliphatic heterocycles. The average Bonchev–Trinajstić information content (AvgIpc) is 3.23. The molecule has 7 nitrogen and oxygen atoms in total. The lowest BCUT2D eigenvalue weighted by atomic mass is 10.2. The number of urea groups is 1. The van der Waals surface area contributed by atoms with Gasteiger partial charge in [0.15, 0.2) is 11.5 Å². The van der Waals surface area contributed by atoms with Crippen LogP contribution in [-0.2, 0) is 0 Å². The molecule has 5 rings (SSSR count). The molecular formula is C20H20N4O3S. The molecule has 2 aromatic heterocycles. The van der Waals surface area contributed by atoms with Crippen molar-refractivity contribution in [3.63, 3.8) is 0 Å². The summed E-state index contributed by atoms with van der Waals surface area (Å²) in [7, 11) is 0. The summed E-state index contributed by atoms with van der Waals surface area (Å²) in [6, 6.07) is 10.1. The SMILES string of the molecule is O=C(Nc1cc2c(cn1)OCCO2)N1CCN(c2cccc3sccc23)CC1. The molecule has 0 radical (unpaired) electrons. The van der Waals surface area contributed by atoms with E-state index in [1.165, 1.54) is 15.8 Å². The van der Waals surface area contributed by atoms with E-state index in [0.717, 1.165) is 13.1 Å². The molecule has 1 aromatic carbocycles. The molecular weight excluding hydrogens is 376 g/mol. The second kappa shape index (κ2) is 7.20. The zero-order chi connectivity index (χ0) is 18.9. The first-order valence-electron chi connectivity index (χ1n) is 9.31. The normalized spacial score (nSPS) is 16.3. The lowest BCUT2D eigenvalue weighted by Gasteiger charge is -2.36. The Morgan fingerprint density at radius 1 is 1.07 bits per heavy atom. The number of nitrogens with one attached hydrogen (secondary N) is 1. The number of rotatable bonds is 2. The standard InChI is InChI=1S/C20H20N4O3S/c25-20(22-19-12-16-17(13-21-19)27-10-9-26-16)24-7-5-23(6-8-24)15-2-1-3-18-14(15)4-11-28-18/h1-4,11-13H,5-10H2,(H,21,22,25). The van der Waals surface area contributed by atoms with E-state index in [1.54, 1.807) is 23.6 Å². The second-order valence-electron chi connectivity index (χ2n) is 6.73. The first-order valence-corrected chi connectivity index (χ1v) is 10.2. The highest BCUT2D eigenvalue weighted by Gasteiger charge is 2.23. The van der Waals surface area contributed by atoms with Crippen LogP contribution in [0.3, 0.4) is 0 Å². The van der Waals surface area contributed by atoms with Gasteiger partial charge in [-0.1, -0.05) is 6.07 Å². The van der Waals surface area contributed by atoms with Gasteiger partial charge >= 0.3 is 6.03 Å². The van der Waals surface area contributed by atoms with Crippen molar-refractivity contribution in [1.29, 1.82) is 0 Å². The number of nitrogens with zero attached hydrogens (tertiary/aromatic N) is 3. The molecule has 1 saturated heterocycles. The van der Waals surface area contributed by atoms with Crippen LogP contribution in [0.2, 0.25) is 0 Å². The van der Waals surface area contributed by atoms with Crippen LogP contribution < -0.4 is 19.7 Å². The molecule has 0 unspecified atom stereocenters. The maximum atomic E-state index is 12.6. The number of aromatic nitrogens is 1. The number of anilines is 2. The Bertz CT molecular complexity index is 1010. The molecule has 4 heterocycles. The lowest BCUT2D eigenvalue weighted by molar-refractivity contribution is 0.171. The van der Waals surface area contributed by atoms with Crippen molar-refractivity contribution in [3.05, 3.63) is 41.9 Å². The fraction of sp³-hybridized carbons (Fsp3) is 0.300. The molecule has 3 aromatic rings. The van der Waals surface area contributed by atoms with Gasteiger partial charge in [-0.15, -0.1) is 11.3 Å². The molecule has 0 atom stereocenters. The molecule has 0 saturated carbocycles. The van der Waals surface area contributed by atoms with Crippen molar-refractivity contribution < 1.29 is 14.3 Å². The van der Waals surface area contributed by atoms with Gasteiger partial charge in [0.05, 0.1) is 6.20 Å². The summed E-state index contributed by atoms with van der Waals surface area (Å²) in [4.78, 5) is 21.1. The minimum atomic E-state index is -0.141. The van der Waals surface area contributed by atoms with Crippen LogP contribution in [-0.4, -0.2) is 55.3 Å². The van der Waals surface area contributed by atoms with Gasteiger partial charge in [-0.05, 0) is 23.6 Å². The van der Waals surface area contributed by atoms with E-state index < -0.39 is 0 Å². The van der Waals surface area contributed by atoms with E-state index in [4.69, 9.17) is 9.47 Å². The number of ether oxygens (including phenoxy) is 2. The highest BCUT2D eigenvalue weighted by molar-refractivity contribution is 7.17. The van der Waals surface area contributed by atoms with Crippen molar-refractivity contribution in [1.82, 2.24) is 9.88 Å². The Hall–Kier alpha value is -3.00. The molecule has 28 heavy (non-hydrogen) atoms. The molecule has 1 N–H and O–H groups in total. The topological polar surface area (TPSA) is 66.9 Å². The monoisotopic (exact) mass is 396 g/mol. The van der Waals surface area contributed by atoms with Crippen LogP contribution in [0.5, 0.6) is 11.5 Å². The Morgan fingerprint density at radius 2 is 1.89 bits per heavy atom. The third-order valence-corrected chi connectivity index (χ3v) is 5.93. The molecule has 0 spiro atoms. The summed E-state index contributed by atoms with van der Waals surface area (Å²) in [5, 5.41) is 6.27. The van der Waals surface area contributed by atoms with Crippen molar-refractivity contribution in [2.24, 2.45) is 0 Å². The smallest absolute Gasteiger partial charge is 0.323 e. The van der Waals surface area contributed by atoms with Crippen molar-refractivity contribution in [2.75, 3.05) is 49.6 Å². The molecule has 8 heteroatoms. The van der Waals surface area contributed by atoms with E-state index >= 15 is 0 Å². The van der Waals surface area contributed by atoms with E-state index in [2.05, 4.69) is 44.8 Å². The van der Waals surface area contributed by atoms with Crippen LogP contribution in [0.1, 0.15) is 0 Å². The number of thiophene rings is 1. The summed E-state index contributed by atoms with van der Waals surface area (Å²) in [6.07, 6.45) is 1.59. The fourth-order valence-corrected chi connectivity index (χ4v) is 4.42. The first kappa shape index (κ1) is 17.1. The quantitative estimate of drug-likeness (QED) is 0.719. The van der Waals surface area contributed by atoms with Crippen LogP contribution in [0.15, 0.2) is 41.9 Å². The van der Waals surface area contributed by atoms with Gasteiger partial charge in [0.2, 0.25) is 0 Å². The molecule has 1 fully saturated rings. The van der Waals surface area contributed by atoms with E-state index in [0.29, 0.717) is 43.6 Å². The number of pyridine rings is 1. The summed E-state index contributed by atoms with van der Waals surface area (Å²) in [5.41, 5.74) is 1.24. The van der Waals surface area contributed by atoms with Gasteiger partial charge in [-0.2, -0.15) is 0 Å². The van der Waals surface area contributed by atoms with Gasteiger partial charge in [-0.3, -0.25) is 5.32 Å². The molecule has 2 amide bonds. The highest BCUT2D eigenvalue weighted by Crippen LogP contribution is 2.32. The molecule has 144 valence electrons. The molecule has 0 aliphatic carbocycles. The predicted molar refractivity (Wildman–Crippen MR) is 110 cm³/mol. The maximum Gasteiger partial charge on any atom is 0.323 e. The minimum absolute atomic E-state index is 0.141. The number of fused-ring (bicyclic) bond motifs is 2. The summed E-state index contributed by atoms with van der Waals surface area (Å²) in [6.45, 7) is 3.95. The Balaban J connectivity index is 1.23. The van der Waals surface area contributed by atoms with Gasteiger partial charge in [0.1, 0.15) is 19.0 Å². The van der Waals surface area contributed by atoms with Crippen molar-refractivity contribution in [2.45, 2.75) is 0 Å². The van der Waals surface area contributed by atoms with E-state index in [-0.39, 0.29) is 6.03 Å². The number of amides is 2. The Kier molecular flexibility index (Phi) is 4.40.